The predicted molar refractivity (Wildman–Crippen MR) is 41.8 cm³/mol. The van der Waals surface area contributed by atoms with Gasteiger partial charge in [0.25, 0.3) is 0 Å². The van der Waals surface area contributed by atoms with Crippen LogP contribution >= 0.6 is 11.6 Å². The zero-order chi connectivity index (χ0) is 9.19. The van der Waals surface area contributed by atoms with Crippen LogP contribution in [0.1, 0.15) is 6.42 Å². The fourth-order valence-corrected chi connectivity index (χ4v) is 0.943. The first-order chi connectivity index (χ1) is 5.50. The molecule has 1 aliphatic rings. The van der Waals surface area contributed by atoms with Gasteiger partial charge in [-0.3, -0.25) is 0 Å². The van der Waals surface area contributed by atoms with Crippen LogP contribution in [0.3, 0.4) is 0 Å². The van der Waals surface area contributed by atoms with Crippen LogP contribution in [0, 0.1) is 0 Å². The molecule has 0 saturated heterocycles. The summed E-state index contributed by atoms with van der Waals surface area (Å²) < 4.78 is 36.2. The highest BCUT2D eigenvalue weighted by atomic mass is 35.5. The normalized spacial score (nSPS) is 18.3. The summed E-state index contributed by atoms with van der Waals surface area (Å²) in [6, 6.07) is 0. The van der Waals surface area contributed by atoms with Crippen molar-refractivity contribution < 1.29 is 13.2 Å². The maximum absolute atomic E-state index is 12.1. The van der Waals surface area contributed by atoms with Crippen molar-refractivity contribution in [1.82, 2.24) is 0 Å². The summed E-state index contributed by atoms with van der Waals surface area (Å²) in [6.45, 7) is 0. The molecule has 0 amide bonds. The number of hydrogen-bond donors (Lipinski definition) is 0. The predicted octanol–water partition coefficient (Wildman–Crippen LogP) is 3.56. The van der Waals surface area contributed by atoms with Crippen molar-refractivity contribution in [2.75, 3.05) is 0 Å². The molecule has 0 aromatic rings. The molecule has 0 radical (unpaired) electrons. The smallest absolute Gasteiger partial charge is 0.166 e. The van der Waals surface area contributed by atoms with Gasteiger partial charge in [0.2, 0.25) is 0 Å². The van der Waals surface area contributed by atoms with Crippen molar-refractivity contribution in [3.8, 4) is 0 Å². The standard InChI is InChI=1S/C8H6ClF3/c9-7-3-1-2-6(4-5-7)8(10,11)12/h1-2,4-5H,3H2. The van der Waals surface area contributed by atoms with Crippen LogP contribution in [0.5, 0.6) is 0 Å². The lowest BCUT2D eigenvalue weighted by atomic mass is 10.2. The molecule has 0 aromatic heterocycles. The molecule has 0 bridgehead atoms. The third-order valence-corrected chi connectivity index (χ3v) is 1.66. The summed E-state index contributed by atoms with van der Waals surface area (Å²) in [7, 11) is 0. The van der Waals surface area contributed by atoms with Gasteiger partial charge >= 0.3 is 6.18 Å². The van der Waals surface area contributed by atoms with Crippen LogP contribution in [0.15, 0.2) is 34.9 Å². The molecule has 12 heavy (non-hydrogen) atoms. The molecule has 0 unspecified atom stereocenters. The number of allylic oxidation sites excluding steroid dienone is 6. The first-order valence-electron chi connectivity index (χ1n) is 3.30. The van der Waals surface area contributed by atoms with Crippen LogP contribution in [0.4, 0.5) is 13.2 Å². The van der Waals surface area contributed by atoms with Crippen molar-refractivity contribution in [3.63, 3.8) is 0 Å². The number of halogens is 4. The molecule has 0 atom stereocenters. The molecule has 0 saturated carbocycles. The highest BCUT2D eigenvalue weighted by Gasteiger charge is 2.31. The Morgan fingerprint density at radius 1 is 1.25 bits per heavy atom. The number of hydrogen-bond acceptors (Lipinski definition) is 0. The van der Waals surface area contributed by atoms with E-state index in [1.54, 1.807) is 0 Å². The minimum Gasteiger partial charge on any atom is -0.166 e. The van der Waals surface area contributed by atoms with E-state index in [0.29, 0.717) is 11.5 Å². The molecule has 0 fully saturated rings. The maximum atomic E-state index is 12.1. The van der Waals surface area contributed by atoms with Crippen LogP contribution in [-0.4, -0.2) is 6.18 Å². The van der Waals surface area contributed by atoms with Crippen LogP contribution in [-0.2, 0) is 0 Å². The summed E-state index contributed by atoms with van der Waals surface area (Å²) in [4.78, 5) is 0. The molecule has 1 aliphatic carbocycles. The van der Waals surface area contributed by atoms with E-state index < -0.39 is 11.7 Å². The van der Waals surface area contributed by atoms with Crippen molar-refractivity contribution >= 4 is 11.6 Å². The first kappa shape index (κ1) is 9.39. The lowest BCUT2D eigenvalue weighted by Gasteiger charge is -2.04. The minimum atomic E-state index is -4.28. The zero-order valence-electron chi connectivity index (χ0n) is 6.03. The minimum absolute atomic E-state index is 0.359. The Balaban J connectivity index is 2.92. The van der Waals surface area contributed by atoms with Crippen molar-refractivity contribution in [2.24, 2.45) is 0 Å². The second-order valence-corrected chi connectivity index (χ2v) is 2.83. The van der Waals surface area contributed by atoms with Gasteiger partial charge in [0, 0.05) is 11.5 Å². The third kappa shape index (κ3) is 2.41. The topological polar surface area (TPSA) is 0 Å². The fraction of sp³-hybridized carbons (Fsp3) is 0.250. The second kappa shape index (κ2) is 3.35. The summed E-state index contributed by atoms with van der Waals surface area (Å²) in [5.41, 5.74) is -0.668. The molecule has 0 nitrogen and oxygen atoms in total. The van der Waals surface area contributed by atoms with Crippen molar-refractivity contribution in [3.05, 3.63) is 34.9 Å². The Labute approximate surface area is 73.0 Å². The number of rotatable bonds is 0. The van der Waals surface area contributed by atoms with E-state index in [0.717, 1.165) is 12.2 Å². The lowest BCUT2D eigenvalue weighted by Crippen LogP contribution is -2.09. The third-order valence-electron chi connectivity index (χ3n) is 1.38. The maximum Gasteiger partial charge on any atom is 0.416 e. The quantitative estimate of drug-likeness (QED) is 0.553. The average Bonchev–Trinajstić information content (AvgIpc) is 2.11. The molecule has 0 spiro atoms. The van der Waals surface area contributed by atoms with E-state index in [1.165, 1.54) is 12.2 Å². The first-order valence-corrected chi connectivity index (χ1v) is 3.68. The van der Waals surface area contributed by atoms with E-state index in [9.17, 15) is 13.2 Å². The summed E-state index contributed by atoms with van der Waals surface area (Å²) >= 11 is 5.53. The molecule has 0 aliphatic heterocycles. The molecule has 0 N–H and O–H groups in total. The highest BCUT2D eigenvalue weighted by Crippen LogP contribution is 2.28. The van der Waals surface area contributed by atoms with Crippen LogP contribution in [0.25, 0.3) is 0 Å². The van der Waals surface area contributed by atoms with Gasteiger partial charge in [0.05, 0.1) is 5.57 Å². The molecule has 0 aromatic carbocycles. The van der Waals surface area contributed by atoms with Gasteiger partial charge in [-0.1, -0.05) is 23.8 Å². The van der Waals surface area contributed by atoms with Gasteiger partial charge in [0.15, 0.2) is 0 Å². The van der Waals surface area contributed by atoms with E-state index in [4.69, 9.17) is 11.6 Å². The van der Waals surface area contributed by atoms with Gasteiger partial charge in [-0.05, 0) is 12.2 Å². The molecular formula is C8H6ClF3. The van der Waals surface area contributed by atoms with Gasteiger partial charge in [-0.25, -0.2) is 0 Å². The van der Waals surface area contributed by atoms with E-state index in [-0.39, 0.29) is 0 Å². The average molecular weight is 195 g/mol. The Morgan fingerprint density at radius 2 is 1.92 bits per heavy atom. The zero-order valence-corrected chi connectivity index (χ0v) is 6.78. The lowest BCUT2D eigenvalue weighted by molar-refractivity contribution is -0.0881. The SMILES string of the molecule is FC(F)(F)C1=CC=C(Cl)CC=C1. The summed E-state index contributed by atoms with van der Waals surface area (Å²) in [6.07, 6.45) is 0.749. The van der Waals surface area contributed by atoms with Gasteiger partial charge in [-0.15, -0.1) is 0 Å². The van der Waals surface area contributed by atoms with E-state index in [2.05, 4.69) is 0 Å². The van der Waals surface area contributed by atoms with Crippen LogP contribution < -0.4 is 0 Å². The second-order valence-electron chi connectivity index (χ2n) is 2.34. The Hall–Kier alpha value is -0.700. The van der Waals surface area contributed by atoms with E-state index >= 15 is 0 Å². The largest absolute Gasteiger partial charge is 0.416 e. The molecule has 66 valence electrons. The van der Waals surface area contributed by atoms with Gasteiger partial charge in [0.1, 0.15) is 0 Å². The Bertz CT molecular complexity index is 258. The van der Waals surface area contributed by atoms with E-state index in [1.807, 2.05) is 0 Å². The number of alkyl halides is 3. The fourth-order valence-electron chi connectivity index (χ4n) is 0.791. The summed E-state index contributed by atoms with van der Waals surface area (Å²) in [5.74, 6) is 0. The van der Waals surface area contributed by atoms with Crippen molar-refractivity contribution in [1.29, 1.82) is 0 Å². The molecule has 4 heteroatoms. The Morgan fingerprint density at radius 3 is 2.50 bits per heavy atom. The molecular weight excluding hydrogens is 189 g/mol. The van der Waals surface area contributed by atoms with Gasteiger partial charge < -0.3 is 0 Å². The Kier molecular flexibility index (Phi) is 2.62. The van der Waals surface area contributed by atoms with Crippen molar-refractivity contribution in [2.45, 2.75) is 12.6 Å². The summed E-state index contributed by atoms with van der Waals surface area (Å²) in [5, 5.41) is 0.408. The van der Waals surface area contributed by atoms with Crippen LogP contribution in [0.2, 0.25) is 0 Å². The molecule has 1 rings (SSSR count). The highest BCUT2D eigenvalue weighted by molar-refractivity contribution is 6.29. The monoisotopic (exact) mass is 194 g/mol. The molecule has 0 heterocycles. The van der Waals surface area contributed by atoms with Gasteiger partial charge in [-0.2, -0.15) is 13.2 Å².